The van der Waals surface area contributed by atoms with Gasteiger partial charge in [0.2, 0.25) is 0 Å². The van der Waals surface area contributed by atoms with Gasteiger partial charge in [0.15, 0.2) is 0 Å². The molecule has 0 fully saturated rings. The topological polar surface area (TPSA) is 18.5 Å². The highest BCUT2D eigenvalue weighted by atomic mass is 127. The Morgan fingerprint density at radius 1 is 1.50 bits per heavy atom. The molecular weight excluding hydrogens is 382 g/mol. The van der Waals surface area contributed by atoms with E-state index in [4.69, 9.17) is 21.1 Å². The van der Waals surface area contributed by atoms with Crippen molar-refractivity contribution in [1.82, 2.24) is 0 Å². The monoisotopic (exact) mass is 390 g/mol. The van der Waals surface area contributed by atoms with Crippen LogP contribution in [-0.2, 0) is 16.1 Å². The number of rotatable bonds is 4. The van der Waals surface area contributed by atoms with Crippen molar-refractivity contribution >= 4 is 50.1 Å². The van der Waals surface area contributed by atoms with Gasteiger partial charge in [0.1, 0.15) is 6.79 Å². The molecule has 0 aliphatic carbocycles. The summed E-state index contributed by atoms with van der Waals surface area (Å²) < 4.78 is 12.1. The molecule has 14 heavy (non-hydrogen) atoms. The molecule has 0 saturated heterocycles. The van der Waals surface area contributed by atoms with Gasteiger partial charge in [-0.1, -0.05) is 11.6 Å². The maximum absolute atomic E-state index is 5.92. The first-order chi connectivity index (χ1) is 6.65. The van der Waals surface area contributed by atoms with Crippen LogP contribution in [0.2, 0.25) is 5.02 Å². The second kappa shape index (κ2) is 6.27. The van der Waals surface area contributed by atoms with Gasteiger partial charge in [-0.3, -0.25) is 0 Å². The first-order valence-corrected chi connectivity index (χ1v) is 6.10. The zero-order valence-corrected chi connectivity index (χ0v) is 12.0. The van der Waals surface area contributed by atoms with Crippen molar-refractivity contribution in [2.75, 3.05) is 13.9 Å². The van der Waals surface area contributed by atoms with E-state index in [1.165, 1.54) is 0 Å². The molecule has 0 N–H and O–H groups in total. The third-order valence-corrected chi connectivity index (χ3v) is 4.27. The van der Waals surface area contributed by atoms with Crippen LogP contribution in [0.3, 0.4) is 0 Å². The van der Waals surface area contributed by atoms with Gasteiger partial charge in [-0.2, -0.15) is 0 Å². The fraction of sp³-hybridized carbons (Fsp3) is 0.333. The molecule has 2 nitrogen and oxygen atoms in total. The van der Waals surface area contributed by atoms with Crippen molar-refractivity contribution in [3.63, 3.8) is 0 Å². The summed E-state index contributed by atoms with van der Waals surface area (Å²) in [7, 11) is 1.59. The highest BCUT2D eigenvalue weighted by molar-refractivity contribution is 14.1. The SMILES string of the molecule is COCOCc1cc(Cl)cc(I)c1Br. The Morgan fingerprint density at radius 3 is 2.86 bits per heavy atom. The molecule has 0 atom stereocenters. The molecular formula is C9H9BrClIO2. The minimum absolute atomic E-state index is 0.287. The molecule has 0 heterocycles. The van der Waals surface area contributed by atoms with Crippen LogP contribution in [0.4, 0.5) is 0 Å². The minimum atomic E-state index is 0.287. The lowest BCUT2D eigenvalue weighted by Crippen LogP contribution is -1.98. The molecule has 0 unspecified atom stereocenters. The first-order valence-electron chi connectivity index (χ1n) is 3.85. The van der Waals surface area contributed by atoms with Gasteiger partial charge in [0.05, 0.1) is 6.61 Å². The van der Waals surface area contributed by atoms with E-state index in [2.05, 4.69) is 38.5 Å². The van der Waals surface area contributed by atoms with E-state index in [9.17, 15) is 0 Å². The fourth-order valence-corrected chi connectivity index (χ4v) is 2.40. The minimum Gasteiger partial charge on any atom is -0.359 e. The van der Waals surface area contributed by atoms with Crippen LogP contribution in [0.15, 0.2) is 16.6 Å². The lowest BCUT2D eigenvalue weighted by atomic mass is 10.2. The van der Waals surface area contributed by atoms with E-state index >= 15 is 0 Å². The number of hydrogen-bond donors (Lipinski definition) is 0. The van der Waals surface area contributed by atoms with Crippen LogP contribution in [0, 0.1) is 3.57 Å². The zero-order valence-electron chi connectivity index (χ0n) is 7.52. The normalized spacial score (nSPS) is 10.6. The third-order valence-electron chi connectivity index (χ3n) is 1.53. The van der Waals surface area contributed by atoms with Gasteiger partial charge in [0.25, 0.3) is 0 Å². The Labute approximate surface area is 110 Å². The lowest BCUT2D eigenvalue weighted by molar-refractivity contribution is -0.0392. The van der Waals surface area contributed by atoms with Gasteiger partial charge < -0.3 is 9.47 Å². The second-order valence-electron chi connectivity index (χ2n) is 2.62. The van der Waals surface area contributed by atoms with E-state index in [0.29, 0.717) is 11.6 Å². The molecule has 0 radical (unpaired) electrons. The molecule has 78 valence electrons. The molecule has 1 rings (SSSR count). The molecule has 0 aliphatic heterocycles. The van der Waals surface area contributed by atoms with Crippen LogP contribution in [-0.4, -0.2) is 13.9 Å². The number of methoxy groups -OCH3 is 1. The fourth-order valence-electron chi connectivity index (χ4n) is 0.949. The van der Waals surface area contributed by atoms with E-state index < -0.39 is 0 Å². The van der Waals surface area contributed by atoms with Crippen LogP contribution < -0.4 is 0 Å². The van der Waals surface area contributed by atoms with Crippen molar-refractivity contribution in [3.05, 3.63) is 30.8 Å². The summed E-state index contributed by atoms with van der Waals surface area (Å²) >= 11 is 11.6. The highest BCUT2D eigenvalue weighted by Crippen LogP contribution is 2.28. The Bertz CT molecular complexity index is 320. The van der Waals surface area contributed by atoms with Crippen LogP contribution in [0.25, 0.3) is 0 Å². The summed E-state index contributed by atoms with van der Waals surface area (Å²) in [4.78, 5) is 0. The van der Waals surface area contributed by atoms with Crippen molar-refractivity contribution in [3.8, 4) is 0 Å². The molecule has 1 aromatic rings. The largest absolute Gasteiger partial charge is 0.359 e. The standard InChI is InChI=1S/C9H9BrClIO2/c1-13-5-14-4-6-2-7(11)3-8(12)9(6)10/h2-3H,4-5H2,1H3. The summed E-state index contributed by atoms with van der Waals surface area (Å²) in [5.41, 5.74) is 1.03. The number of halogens is 3. The van der Waals surface area contributed by atoms with E-state index in [1.807, 2.05) is 12.1 Å². The maximum atomic E-state index is 5.92. The number of ether oxygens (including phenoxy) is 2. The number of benzene rings is 1. The molecule has 0 spiro atoms. The van der Waals surface area contributed by atoms with Crippen molar-refractivity contribution in [2.45, 2.75) is 6.61 Å². The lowest BCUT2D eigenvalue weighted by Gasteiger charge is -2.07. The molecule has 0 aliphatic rings. The summed E-state index contributed by atoms with van der Waals surface area (Å²) in [5.74, 6) is 0. The van der Waals surface area contributed by atoms with Gasteiger partial charge >= 0.3 is 0 Å². The molecule has 0 amide bonds. The van der Waals surface area contributed by atoms with Crippen LogP contribution in [0.5, 0.6) is 0 Å². The molecule has 0 bridgehead atoms. The molecule has 0 saturated carbocycles. The zero-order chi connectivity index (χ0) is 10.6. The highest BCUT2D eigenvalue weighted by Gasteiger charge is 2.05. The van der Waals surface area contributed by atoms with Crippen LogP contribution in [0.1, 0.15) is 5.56 Å². The summed E-state index contributed by atoms with van der Waals surface area (Å²) in [5, 5.41) is 0.716. The summed E-state index contributed by atoms with van der Waals surface area (Å²) in [6.07, 6.45) is 0. The Balaban J connectivity index is 2.75. The third kappa shape index (κ3) is 3.66. The predicted octanol–water partition coefficient (Wildman–Crippen LogP) is 3.83. The van der Waals surface area contributed by atoms with Crippen molar-refractivity contribution in [1.29, 1.82) is 0 Å². The Morgan fingerprint density at radius 2 is 2.21 bits per heavy atom. The van der Waals surface area contributed by atoms with Crippen molar-refractivity contribution in [2.24, 2.45) is 0 Å². The van der Waals surface area contributed by atoms with Gasteiger partial charge in [-0.05, 0) is 56.2 Å². The first kappa shape index (κ1) is 12.7. The van der Waals surface area contributed by atoms with E-state index in [-0.39, 0.29) is 6.79 Å². The Hall–Kier alpha value is 0.640. The predicted molar refractivity (Wildman–Crippen MR) is 68.5 cm³/mol. The quantitative estimate of drug-likeness (QED) is 0.336. The average Bonchev–Trinajstić information content (AvgIpc) is 2.13. The van der Waals surface area contributed by atoms with Gasteiger partial charge in [-0.15, -0.1) is 0 Å². The average molecular weight is 391 g/mol. The van der Waals surface area contributed by atoms with E-state index in [1.54, 1.807) is 7.11 Å². The van der Waals surface area contributed by atoms with E-state index in [0.717, 1.165) is 13.6 Å². The summed E-state index contributed by atoms with van der Waals surface area (Å²) in [6.45, 7) is 0.778. The molecule has 5 heteroatoms. The number of hydrogen-bond acceptors (Lipinski definition) is 2. The van der Waals surface area contributed by atoms with Gasteiger partial charge in [-0.25, -0.2) is 0 Å². The van der Waals surface area contributed by atoms with Crippen molar-refractivity contribution < 1.29 is 9.47 Å². The van der Waals surface area contributed by atoms with Crippen LogP contribution >= 0.6 is 50.1 Å². The Kier molecular flexibility index (Phi) is 5.69. The smallest absolute Gasteiger partial charge is 0.146 e. The summed E-state index contributed by atoms with van der Waals surface area (Å²) in [6, 6.07) is 3.77. The second-order valence-corrected chi connectivity index (χ2v) is 5.01. The maximum Gasteiger partial charge on any atom is 0.146 e. The molecule has 1 aromatic carbocycles. The molecule has 0 aromatic heterocycles. The van der Waals surface area contributed by atoms with Gasteiger partial charge in [0, 0.05) is 20.2 Å².